The molecule has 0 amide bonds. The standard InChI is InChI=1S/C15H26O/c1-2-12-3-5-13(6-4-12)11-14-7-9-15(16)10-8-14/h12-14H,2-11H2,1H3. The van der Waals surface area contributed by atoms with E-state index in [9.17, 15) is 4.79 Å². The lowest BCUT2D eigenvalue weighted by Crippen LogP contribution is -2.20. The smallest absolute Gasteiger partial charge is 0.132 e. The summed E-state index contributed by atoms with van der Waals surface area (Å²) in [7, 11) is 0. The first kappa shape index (κ1) is 12.1. The second-order valence-electron chi connectivity index (χ2n) is 6.01. The molecule has 0 aromatic heterocycles. The Hall–Kier alpha value is -0.330. The van der Waals surface area contributed by atoms with Crippen LogP contribution in [0.1, 0.15) is 71.1 Å². The second kappa shape index (κ2) is 5.84. The Morgan fingerprint density at radius 2 is 1.38 bits per heavy atom. The van der Waals surface area contributed by atoms with Crippen molar-refractivity contribution >= 4 is 5.78 Å². The maximum atomic E-state index is 11.2. The minimum Gasteiger partial charge on any atom is -0.300 e. The maximum Gasteiger partial charge on any atom is 0.132 e. The molecule has 0 heterocycles. The van der Waals surface area contributed by atoms with Gasteiger partial charge < -0.3 is 0 Å². The molecule has 0 unspecified atom stereocenters. The summed E-state index contributed by atoms with van der Waals surface area (Å²) in [5.41, 5.74) is 0. The topological polar surface area (TPSA) is 17.1 Å². The molecule has 2 fully saturated rings. The average molecular weight is 222 g/mol. The van der Waals surface area contributed by atoms with E-state index in [4.69, 9.17) is 0 Å². The monoisotopic (exact) mass is 222 g/mol. The molecular weight excluding hydrogens is 196 g/mol. The van der Waals surface area contributed by atoms with Crippen molar-refractivity contribution in [1.29, 1.82) is 0 Å². The third-order valence-corrected chi connectivity index (χ3v) is 4.87. The van der Waals surface area contributed by atoms with E-state index in [0.717, 1.165) is 30.6 Å². The van der Waals surface area contributed by atoms with Crippen molar-refractivity contribution < 1.29 is 4.79 Å². The first-order valence-electron chi connectivity index (χ1n) is 7.29. The normalized spacial score (nSPS) is 32.9. The van der Waals surface area contributed by atoms with Gasteiger partial charge in [-0.3, -0.25) is 4.79 Å². The van der Waals surface area contributed by atoms with E-state index >= 15 is 0 Å². The van der Waals surface area contributed by atoms with Gasteiger partial charge in [0.05, 0.1) is 0 Å². The van der Waals surface area contributed by atoms with E-state index < -0.39 is 0 Å². The van der Waals surface area contributed by atoms with Crippen molar-refractivity contribution in [2.45, 2.75) is 71.1 Å². The van der Waals surface area contributed by atoms with Crippen LogP contribution in [0.3, 0.4) is 0 Å². The van der Waals surface area contributed by atoms with Gasteiger partial charge in [-0.25, -0.2) is 0 Å². The number of rotatable bonds is 3. The van der Waals surface area contributed by atoms with Crippen LogP contribution in [0.15, 0.2) is 0 Å². The molecule has 2 saturated carbocycles. The minimum atomic E-state index is 0.506. The van der Waals surface area contributed by atoms with Crippen molar-refractivity contribution in [3.05, 3.63) is 0 Å². The van der Waals surface area contributed by atoms with Crippen LogP contribution in [0.4, 0.5) is 0 Å². The highest BCUT2D eigenvalue weighted by Gasteiger charge is 2.25. The molecule has 2 aliphatic rings. The predicted molar refractivity (Wildman–Crippen MR) is 67.3 cm³/mol. The fourth-order valence-corrected chi connectivity index (χ4v) is 3.58. The molecule has 0 aliphatic heterocycles. The second-order valence-corrected chi connectivity index (χ2v) is 6.01. The maximum absolute atomic E-state index is 11.2. The van der Waals surface area contributed by atoms with Crippen molar-refractivity contribution in [2.24, 2.45) is 17.8 Å². The number of hydrogen-bond acceptors (Lipinski definition) is 1. The SMILES string of the molecule is CCC1CCC(CC2CCC(=O)CC2)CC1. The fourth-order valence-electron chi connectivity index (χ4n) is 3.58. The van der Waals surface area contributed by atoms with Crippen molar-refractivity contribution in [3.8, 4) is 0 Å². The molecule has 0 spiro atoms. The molecule has 0 bridgehead atoms. The number of ketones is 1. The largest absolute Gasteiger partial charge is 0.300 e. The van der Waals surface area contributed by atoms with Gasteiger partial charge in [0.15, 0.2) is 0 Å². The van der Waals surface area contributed by atoms with Crippen LogP contribution >= 0.6 is 0 Å². The van der Waals surface area contributed by atoms with E-state index in [1.54, 1.807) is 0 Å². The zero-order valence-electron chi connectivity index (χ0n) is 10.7. The van der Waals surface area contributed by atoms with E-state index in [-0.39, 0.29) is 0 Å². The van der Waals surface area contributed by atoms with Crippen LogP contribution in [0.2, 0.25) is 0 Å². The molecule has 1 nitrogen and oxygen atoms in total. The molecule has 2 aliphatic carbocycles. The Bertz CT molecular complexity index is 216. The molecule has 1 heteroatoms. The third-order valence-electron chi connectivity index (χ3n) is 4.87. The lowest BCUT2D eigenvalue weighted by Gasteiger charge is -2.31. The molecule has 0 aromatic rings. The summed E-state index contributed by atoms with van der Waals surface area (Å²) >= 11 is 0. The molecule has 0 aromatic carbocycles. The zero-order valence-corrected chi connectivity index (χ0v) is 10.7. The van der Waals surface area contributed by atoms with Gasteiger partial charge in [0.1, 0.15) is 5.78 Å². The Kier molecular flexibility index (Phi) is 4.43. The van der Waals surface area contributed by atoms with Gasteiger partial charge in [-0.15, -0.1) is 0 Å². The average Bonchev–Trinajstić information content (AvgIpc) is 2.33. The summed E-state index contributed by atoms with van der Waals surface area (Å²) in [4.78, 5) is 11.2. The summed E-state index contributed by atoms with van der Waals surface area (Å²) in [5.74, 6) is 3.39. The third kappa shape index (κ3) is 3.33. The Balaban J connectivity index is 1.68. The zero-order chi connectivity index (χ0) is 11.4. The quantitative estimate of drug-likeness (QED) is 0.693. The summed E-state index contributed by atoms with van der Waals surface area (Å²) in [6.45, 7) is 2.33. The predicted octanol–water partition coefficient (Wildman–Crippen LogP) is 4.35. The first-order valence-corrected chi connectivity index (χ1v) is 7.29. The molecule has 16 heavy (non-hydrogen) atoms. The van der Waals surface area contributed by atoms with E-state index in [1.807, 2.05) is 0 Å². The van der Waals surface area contributed by atoms with Gasteiger partial charge in [0.2, 0.25) is 0 Å². The number of carbonyl (C=O) groups excluding carboxylic acids is 1. The van der Waals surface area contributed by atoms with Gasteiger partial charge in [0, 0.05) is 12.8 Å². The van der Waals surface area contributed by atoms with Crippen LogP contribution < -0.4 is 0 Å². The molecular formula is C15H26O. The lowest BCUT2D eigenvalue weighted by atomic mass is 9.74. The fraction of sp³-hybridized carbons (Fsp3) is 0.933. The summed E-state index contributed by atoms with van der Waals surface area (Å²) < 4.78 is 0. The molecule has 0 radical (unpaired) electrons. The highest BCUT2D eigenvalue weighted by molar-refractivity contribution is 5.78. The Morgan fingerprint density at radius 3 is 1.94 bits per heavy atom. The number of hydrogen-bond donors (Lipinski definition) is 0. The summed E-state index contributed by atoms with van der Waals surface area (Å²) in [6.07, 6.45) is 12.8. The summed E-state index contributed by atoms with van der Waals surface area (Å²) in [5, 5.41) is 0. The van der Waals surface area contributed by atoms with E-state index in [1.165, 1.54) is 51.4 Å². The van der Waals surface area contributed by atoms with Crippen LogP contribution in [0, 0.1) is 17.8 Å². The first-order chi connectivity index (χ1) is 7.78. The van der Waals surface area contributed by atoms with Crippen LogP contribution in [-0.2, 0) is 4.79 Å². The van der Waals surface area contributed by atoms with E-state index in [0.29, 0.717) is 5.78 Å². The van der Waals surface area contributed by atoms with Gasteiger partial charge in [-0.2, -0.15) is 0 Å². The Labute approximate surface area is 100.0 Å². The van der Waals surface area contributed by atoms with Gasteiger partial charge in [-0.05, 0) is 37.0 Å². The summed E-state index contributed by atoms with van der Waals surface area (Å²) in [6, 6.07) is 0. The van der Waals surface area contributed by atoms with Crippen molar-refractivity contribution in [1.82, 2.24) is 0 Å². The molecule has 0 atom stereocenters. The molecule has 0 saturated heterocycles. The molecule has 0 N–H and O–H groups in total. The highest BCUT2D eigenvalue weighted by Crippen LogP contribution is 2.37. The minimum absolute atomic E-state index is 0.506. The van der Waals surface area contributed by atoms with Gasteiger partial charge >= 0.3 is 0 Å². The van der Waals surface area contributed by atoms with Crippen LogP contribution in [0.5, 0.6) is 0 Å². The van der Waals surface area contributed by atoms with Crippen molar-refractivity contribution in [2.75, 3.05) is 0 Å². The Morgan fingerprint density at radius 1 is 0.875 bits per heavy atom. The highest BCUT2D eigenvalue weighted by atomic mass is 16.1. The molecule has 2 rings (SSSR count). The number of Topliss-reactive ketones (excluding diaryl/α,β-unsaturated/α-hetero) is 1. The van der Waals surface area contributed by atoms with Crippen molar-refractivity contribution in [3.63, 3.8) is 0 Å². The number of carbonyl (C=O) groups is 1. The van der Waals surface area contributed by atoms with Gasteiger partial charge in [-0.1, -0.05) is 39.0 Å². The van der Waals surface area contributed by atoms with E-state index in [2.05, 4.69) is 6.92 Å². The van der Waals surface area contributed by atoms with Gasteiger partial charge in [0.25, 0.3) is 0 Å². The van der Waals surface area contributed by atoms with Crippen LogP contribution in [0.25, 0.3) is 0 Å². The molecule has 92 valence electrons. The lowest BCUT2D eigenvalue weighted by molar-refractivity contribution is -0.121. The van der Waals surface area contributed by atoms with Crippen LogP contribution in [-0.4, -0.2) is 5.78 Å².